The van der Waals surface area contributed by atoms with Gasteiger partial charge in [0.25, 0.3) is 0 Å². The van der Waals surface area contributed by atoms with Crippen LogP contribution in [-0.2, 0) is 23.3 Å². The molecule has 9 heteroatoms. The van der Waals surface area contributed by atoms with E-state index in [1.807, 2.05) is 0 Å². The van der Waals surface area contributed by atoms with Crippen LogP contribution in [0.1, 0.15) is 25.5 Å². The molecule has 0 aromatic carbocycles. The zero-order chi connectivity index (χ0) is 14.9. The molecule has 1 saturated heterocycles. The molecule has 1 aliphatic heterocycles. The second kappa shape index (κ2) is 5.39. The maximum absolute atomic E-state index is 11.8. The molecule has 1 fully saturated rings. The quantitative estimate of drug-likeness (QED) is 0.639. The van der Waals surface area contributed by atoms with Crippen molar-refractivity contribution in [1.82, 2.24) is 9.78 Å². The first-order valence-corrected chi connectivity index (χ1v) is 8.24. The third kappa shape index (κ3) is 2.62. The molecule has 2 rings (SSSR count). The molecule has 8 nitrogen and oxygen atoms in total. The van der Waals surface area contributed by atoms with Crippen LogP contribution in [0.2, 0.25) is 0 Å². The highest BCUT2D eigenvalue weighted by molar-refractivity contribution is 7.92. The third-order valence-electron chi connectivity index (χ3n) is 3.57. The Hall–Kier alpha value is -1.64. The van der Waals surface area contributed by atoms with E-state index in [1.54, 1.807) is 14.0 Å². The van der Waals surface area contributed by atoms with Gasteiger partial charge in [0.1, 0.15) is 5.69 Å². The van der Waals surface area contributed by atoms with Crippen LogP contribution in [0.15, 0.2) is 0 Å². The topological polar surface area (TPSA) is 107 Å². The molecule has 0 amide bonds. The van der Waals surface area contributed by atoms with Crippen molar-refractivity contribution in [3.05, 3.63) is 15.8 Å². The summed E-state index contributed by atoms with van der Waals surface area (Å²) in [7, 11) is -1.46. The Labute approximate surface area is 117 Å². The molecule has 0 bridgehead atoms. The van der Waals surface area contributed by atoms with Gasteiger partial charge < -0.3 is 5.32 Å². The van der Waals surface area contributed by atoms with Gasteiger partial charge in [0.05, 0.1) is 15.9 Å². The minimum Gasteiger partial charge on any atom is -0.363 e. The summed E-state index contributed by atoms with van der Waals surface area (Å²) in [6.45, 7) is 1.98. The first-order chi connectivity index (χ1) is 9.36. The Kier molecular flexibility index (Phi) is 3.98. The molecule has 20 heavy (non-hydrogen) atoms. The smallest absolute Gasteiger partial charge is 0.333 e. The predicted molar refractivity (Wildman–Crippen MR) is 74.5 cm³/mol. The van der Waals surface area contributed by atoms with Crippen molar-refractivity contribution in [3.63, 3.8) is 0 Å². The van der Waals surface area contributed by atoms with E-state index in [4.69, 9.17) is 0 Å². The van der Waals surface area contributed by atoms with Crippen LogP contribution in [0.25, 0.3) is 0 Å². The fraction of sp³-hybridized carbons (Fsp3) is 0.727. The van der Waals surface area contributed by atoms with Gasteiger partial charge in [-0.25, -0.2) is 13.1 Å². The van der Waals surface area contributed by atoms with Crippen LogP contribution in [0, 0.1) is 10.1 Å². The van der Waals surface area contributed by atoms with Crippen molar-refractivity contribution >= 4 is 21.3 Å². The van der Waals surface area contributed by atoms with Crippen LogP contribution in [0.4, 0.5) is 11.5 Å². The normalized spacial score (nSPS) is 21.0. The molecular formula is C11H18N4O4S. The highest BCUT2D eigenvalue weighted by atomic mass is 32.2. The molecule has 0 saturated carbocycles. The van der Waals surface area contributed by atoms with E-state index >= 15 is 0 Å². The molecule has 0 spiro atoms. The van der Waals surface area contributed by atoms with Crippen LogP contribution in [0.5, 0.6) is 0 Å². The molecule has 0 aliphatic carbocycles. The zero-order valence-electron chi connectivity index (χ0n) is 11.5. The Morgan fingerprint density at radius 3 is 2.75 bits per heavy atom. The molecule has 1 atom stereocenters. The highest BCUT2D eigenvalue weighted by Crippen LogP contribution is 2.29. The van der Waals surface area contributed by atoms with Gasteiger partial charge in [0.2, 0.25) is 5.82 Å². The Balaban J connectivity index is 2.21. The number of sulfone groups is 1. The number of rotatable bonds is 5. The number of hydrogen-bond acceptors (Lipinski definition) is 6. The summed E-state index contributed by atoms with van der Waals surface area (Å²) in [4.78, 5) is 10.7. The van der Waals surface area contributed by atoms with Gasteiger partial charge in [-0.1, -0.05) is 6.92 Å². The van der Waals surface area contributed by atoms with E-state index < -0.39 is 20.0 Å². The number of anilines is 1. The van der Waals surface area contributed by atoms with Crippen LogP contribution < -0.4 is 5.32 Å². The van der Waals surface area contributed by atoms with Crippen molar-refractivity contribution in [2.45, 2.75) is 31.4 Å². The standard InChI is InChI=1S/C11H18N4O4S/c1-3-9-10(15(16)17)11(14(2)13-9)12-7-8-5-4-6-20(8,18)19/h8,12H,3-7H2,1-2H3. The van der Waals surface area contributed by atoms with Gasteiger partial charge in [-0.05, 0) is 19.3 Å². The number of aromatic nitrogens is 2. The monoisotopic (exact) mass is 302 g/mol. The fourth-order valence-corrected chi connectivity index (χ4v) is 4.26. The molecule has 1 aromatic rings. The second-order valence-corrected chi connectivity index (χ2v) is 7.29. The van der Waals surface area contributed by atoms with Gasteiger partial charge in [0.15, 0.2) is 9.84 Å². The third-order valence-corrected chi connectivity index (χ3v) is 5.85. The Morgan fingerprint density at radius 2 is 2.25 bits per heavy atom. The van der Waals surface area contributed by atoms with Gasteiger partial charge in [-0.15, -0.1) is 0 Å². The maximum atomic E-state index is 11.8. The first kappa shape index (κ1) is 14.8. The van der Waals surface area contributed by atoms with E-state index in [0.717, 1.165) is 0 Å². The summed E-state index contributed by atoms with van der Waals surface area (Å²) < 4.78 is 24.9. The SMILES string of the molecule is CCc1nn(C)c(NCC2CCCS2(=O)=O)c1[N+](=O)[O-]. The first-order valence-electron chi connectivity index (χ1n) is 6.52. The lowest BCUT2D eigenvalue weighted by Gasteiger charge is -2.11. The summed E-state index contributed by atoms with van der Waals surface area (Å²) in [6, 6.07) is 0. The molecule has 1 aliphatic rings. The Morgan fingerprint density at radius 1 is 1.55 bits per heavy atom. The number of nitrogens with one attached hydrogen (secondary N) is 1. The lowest BCUT2D eigenvalue weighted by molar-refractivity contribution is -0.384. The summed E-state index contributed by atoms with van der Waals surface area (Å²) in [5.41, 5.74) is 0.333. The lowest BCUT2D eigenvalue weighted by atomic mass is 10.2. The number of nitro groups is 1. The number of nitrogens with zero attached hydrogens (tertiary/aromatic N) is 3. The van der Waals surface area contributed by atoms with Crippen molar-refractivity contribution in [2.75, 3.05) is 17.6 Å². The average molecular weight is 302 g/mol. The van der Waals surface area contributed by atoms with Crippen molar-refractivity contribution in [2.24, 2.45) is 7.05 Å². The van der Waals surface area contributed by atoms with Gasteiger partial charge in [-0.3, -0.25) is 10.1 Å². The minimum absolute atomic E-state index is 0.0644. The minimum atomic E-state index is -3.06. The molecular weight excluding hydrogens is 284 g/mol. The van der Waals surface area contributed by atoms with Gasteiger partial charge in [0, 0.05) is 13.6 Å². The molecule has 0 radical (unpaired) electrons. The summed E-state index contributed by atoms with van der Waals surface area (Å²) in [6.07, 6.45) is 1.71. The molecule has 1 unspecified atom stereocenters. The van der Waals surface area contributed by atoms with Gasteiger partial charge >= 0.3 is 5.69 Å². The van der Waals surface area contributed by atoms with Crippen molar-refractivity contribution in [1.29, 1.82) is 0 Å². The molecule has 1 N–H and O–H groups in total. The molecule has 1 aromatic heterocycles. The van der Waals surface area contributed by atoms with Crippen LogP contribution in [-0.4, -0.2) is 40.7 Å². The zero-order valence-corrected chi connectivity index (χ0v) is 12.3. The fourth-order valence-electron chi connectivity index (χ4n) is 2.49. The molecule has 2 heterocycles. The van der Waals surface area contributed by atoms with E-state index in [9.17, 15) is 18.5 Å². The summed E-state index contributed by atoms with van der Waals surface area (Å²) >= 11 is 0. The van der Waals surface area contributed by atoms with Crippen molar-refractivity contribution in [3.8, 4) is 0 Å². The summed E-state index contributed by atoms with van der Waals surface area (Å²) in [5.74, 6) is 0.474. The van der Waals surface area contributed by atoms with Crippen LogP contribution >= 0.6 is 0 Å². The van der Waals surface area contributed by atoms with Gasteiger partial charge in [-0.2, -0.15) is 5.10 Å². The molecule has 112 valence electrons. The van der Waals surface area contributed by atoms with E-state index in [2.05, 4.69) is 10.4 Å². The van der Waals surface area contributed by atoms with E-state index in [-0.39, 0.29) is 23.8 Å². The average Bonchev–Trinajstić information content (AvgIpc) is 2.86. The van der Waals surface area contributed by atoms with E-state index in [1.165, 1.54) is 4.68 Å². The summed E-state index contributed by atoms with van der Waals surface area (Å²) in [5, 5.41) is 17.7. The van der Waals surface area contributed by atoms with Crippen LogP contribution in [0.3, 0.4) is 0 Å². The predicted octanol–water partition coefficient (Wildman–Crippen LogP) is 0.880. The highest BCUT2D eigenvalue weighted by Gasteiger charge is 2.32. The lowest BCUT2D eigenvalue weighted by Crippen LogP contribution is -2.26. The number of aryl methyl sites for hydroxylation is 2. The largest absolute Gasteiger partial charge is 0.363 e. The van der Waals surface area contributed by atoms with Crippen molar-refractivity contribution < 1.29 is 13.3 Å². The Bertz CT molecular complexity index is 623. The number of hydrogen-bond donors (Lipinski definition) is 1. The van der Waals surface area contributed by atoms with E-state index in [0.29, 0.717) is 25.0 Å². The maximum Gasteiger partial charge on any atom is 0.333 e. The second-order valence-electron chi connectivity index (χ2n) is 4.89.